The summed E-state index contributed by atoms with van der Waals surface area (Å²) in [6.07, 6.45) is 1.10. The van der Waals surface area contributed by atoms with Gasteiger partial charge in [-0.25, -0.2) is 9.59 Å². The Labute approximate surface area is 143 Å². The Morgan fingerprint density at radius 1 is 1.21 bits per heavy atom. The molecule has 6 heteroatoms. The zero-order valence-corrected chi connectivity index (χ0v) is 14.7. The molecule has 6 nitrogen and oxygen atoms in total. The molecular formula is C18H28N2O4. The molecule has 1 aromatic rings. The Kier molecular flexibility index (Phi) is 7.71. The predicted molar refractivity (Wildman–Crippen MR) is 92.5 cm³/mol. The molecule has 0 spiro atoms. The van der Waals surface area contributed by atoms with Crippen LogP contribution in [0.5, 0.6) is 0 Å². The molecule has 134 valence electrons. The largest absolute Gasteiger partial charge is 0.480 e. The minimum atomic E-state index is -1.03. The van der Waals surface area contributed by atoms with Crippen LogP contribution >= 0.6 is 0 Å². The molecule has 1 rings (SSSR count). The fraction of sp³-hybridized carbons (Fsp3) is 0.556. The van der Waals surface area contributed by atoms with Gasteiger partial charge in [-0.15, -0.1) is 0 Å². The average Bonchev–Trinajstić information content (AvgIpc) is 2.51. The lowest BCUT2D eigenvalue weighted by molar-refractivity contribution is -0.145. The third-order valence-electron chi connectivity index (χ3n) is 3.65. The van der Waals surface area contributed by atoms with Crippen LogP contribution in [-0.4, -0.2) is 40.2 Å². The average molecular weight is 336 g/mol. The number of benzene rings is 1. The van der Waals surface area contributed by atoms with Crippen molar-refractivity contribution >= 4 is 12.1 Å². The Morgan fingerprint density at radius 3 is 2.33 bits per heavy atom. The number of amides is 1. The zero-order chi connectivity index (χ0) is 18.2. The first kappa shape index (κ1) is 20.0. The molecule has 3 N–H and O–H groups in total. The van der Waals surface area contributed by atoms with E-state index < -0.39 is 23.6 Å². The van der Waals surface area contributed by atoms with Crippen LogP contribution in [0.15, 0.2) is 30.3 Å². The highest BCUT2D eigenvalue weighted by atomic mass is 16.6. The van der Waals surface area contributed by atoms with E-state index in [9.17, 15) is 14.7 Å². The number of carbonyl (C=O) groups excluding carboxylic acids is 1. The molecule has 0 aromatic heterocycles. The second kappa shape index (κ2) is 9.27. The molecule has 0 saturated heterocycles. The molecule has 0 unspecified atom stereocenters. The maximum absolute atomic E-state index is 12.6. The van der Waals surface area contributed by atoms with Crippen LogP contribution in [0, 0.1) is 0 Å². The Balaban J connectivity index is 2.85. The van der Waals surface area contributed by atoms with Crippen molar-refractivity contribution in [2.45, 2.75) is 58.2 Å². The van der Waals surface area contributed by atoms with Crippen molar-refractivity contribution in [1.82, 2.24) is 4.90 Å². The fourth-order valence-electron chi connectivity index (χ4n) is 2.50. The summed E-state index contributed by atoms with van der Waals surface area (Å²) in [5.74, 6) is -1.03. The third kappa shape index (κ3) is 6.20. The van der Waals surface area contributed by atoms with Crippen molar-refractivity contribution in [2.24, 2.45) is 5.73 Å². The van der Waals surface area contributed by atoms with Crippen LogP contribution in [-0.2, 0) is 16.1 Å². The number of aliphatic carboxylic acids is 1. The number of hydrogen-bond donors (Lipinski definition) is 2. The molecular weight excluding hydrogens is 308 g/mol. The molecule has 0 heterocycles. The van der Waals surface area contributed by atoms with Crippen molar-refractivity contribution in [3.63, 3.8) is 0 Å². The Hall–Kier alpha value is -2.08. The topological polar surface area (TPSA) is 92.9 Å². The van der Waals surface area contributed by atoms with Gasteiger partial charge in [0.1, 0.15) is 12.6 Å². The van der Waals surface area contributed by atoms with Crippen LogP contribution < -0.4 is 5.73 Å². The summed E-state index contributed by atoms with van der Waals surface area (Å²) in [7, 11) is 0. The normalized spacial score (nSPS) is 12.5. The van der Waals surface area contributed by atoms with E-state index in [1.165, 1.54) is 4.90 Å². The SMILES string of the molecule is CC(C)(C)N(C(=O)OCc1ccccc1)[C@@H](CCCCN)C(=O)O. The van der Waals surface area contributed by atoms with Crippen molar-refractivity contribution in [2.75, 3.05) is 6.54 Å². The molecule has 1 atom stereocenters. The summed E-state index contributed by atoms with van der Waals surface area (Å²) >= 11 is 0. The van der Waals surface area contributed by atoms with Gasteiger partial charge < -0.3 is 15.6 Å². The highest BCUT2D eigenvalue weighted by Crippen LogP contribution is 2.22. The second-order valence-electron chi connectivity index (χ2n) is 6.72. The molecule has 0 bridgehead atoms. The van der Waals surface area contributed by atoms with Crippen molar-refractivity contribution in [3.8, 4) is 0 Å². The molecule has 24 heavy (non-hydrogen) atoms. The number of rotatable bonds is 8. The summed E-state index contributed by atoms with van der Waals surface area (Å²) < 4.78 is 5.35. The summed E-state index contributed by atoms with van der Waals surface area (Å²) in [4.78, 5) is 25.6. The summed E-state index contributed by atoms with van der Waals surface area (Å²) in [5.41, 5.74) is 5.66. The molecule has 0 aliphatic carbocycles. The quantitative estimate of drug-likeness (QED) is 0.712. The molecule has 0 fully saturated rings. The van der Waals surface area contributed by atoms with Crippen LogP contribution in [0.4, 0.5) is 4.79 Å². The van der Waals surface area contributed by atoms with E-state index in [1.807, 2.05) is 30.3 Å². The highest BCUT2D eigenvalue weighted by molar-refractivity contribution is 5.80. The number of carboxylic acid groups (broad SMARTS) is 1. The van der Waals surface area contributed by atoms with Crippen molar-refractivity contribution < 1.29 is 19.4 Å². The van der Waals surface area contributed by atoms with E-state index in [-0.39, 0.29) is 6.61 Å². The molecule has 0 aliphatic heterocycles. The molecule has 0 saturated carbocycles. The molecule has 0 aliphatic rings. The number of nitrogens with two attached hydrogens (primary N) is 1. The lowest BCUT2D eigenvalue weighted by atomic mass is 10.00. The molecule has 0 radical (unpaired) electrons. The van der Waals surface area contributed by atoms with E-state index in [0.717, 1.165) is 12.0 Å². The third-order valence-corrected chi connectivity index (χ3v) is 3.65. The minimum absolute atomic E-state index is 0.112. The number of carbonyl (C=O) groups is 2. The van der Waals surface area contributed by atoms with Gasteiger partial charge in [0, 0.05) is 5.54 Å². The van der Waals surface area contributed by atoms with Crippen LogP contribution in [0.2, 0.25) is 0 Å². The smallest absolute Gasteiger partial charge is 0.411 e. The van der Waals surface area contributed by atoms with E-state index in [0.29, 0.717) is 19.4 Å². The molecule has 1 aromatic carbocycles. The predicted octanol–water partition coefficient (Wildman–Crippen LogP) is 3.01. The van der Waals surface area contributed by atoms with Crippen molar-refractivity contribution in [3.05, 3.63) is 35.9 Å². The van der Waals surface area contributed by atoms with Gasteiger partial charge in [-0.05, 0) is 52.1 Å². The van der Waals surface area contributed by atoms with Crippen LogP contribution in [0.3, 0.4) is 0 Å². The lowest BCUT2D eigenvalue weighted by Crippen LogP contribution is -2.54. The number of hydrogen-bond acceptors (Lipinski definition) is 4. The van der Waals surface area contributed by atoms with Gasteiger partial charge in [0.05, 0.1) is 0 Å². The van der Waals surface area contributed by atoms with Crippen LogP contribution in [0.25, 0.3) is 0 Å². The van der Waals surface area contributed by atoms with Crippen LogP contribution in [0.1, 0.15) is 45.6 Å². The van der Waals surface area contributed by atoms with E-state index in [2.05, 4.69) is 0 Å². The Morgan fingerprint density at radius 2 is 1.83 bits per heavy atom. The number of ether oxygens (including phenoxy) is 1. The second-order valence-corrected chi connectivity index (χ2v) is 6.72. The first-order valence-corrected chi connectivity index (χ1v) is 8.20. The standard InChI is InChI=1S/C18H28N2O4/c1-18(2,3)20(15(16(21)22)11-7-8-12-19)17(23)24-13-14-9-5-4-6-10-14/h4-6,9-10,15H,7-8,11-13,19H2,1-3H3,(H,21,22)/t15-/m0/s1. The summed E-state index contributed by atoms with van der Waals surface area (Å²) in [5, 5.41) is 9.56. The van der Waals surface area contributed by atoms with Gasteiger partial charge in [0.2, 0.25) is 0 Å². The zero-order valence-electron chi connectivity index (χ0n) is 14.7. The molecule has 1 amide bonds. The number of nitrogens with zero attached hydrogens (tertiary/aromatic N) is 1. The van der Waals surface area contributed by atoms with Gasteiger partial charge >= 0.3 is 12.1 Å². The maximum Gasteiger partial charge on any atom is 0.411 e. The Bertz CT molecular complexity index is 526. The highest BCUT2D eigenvalue weighted by Gasteiger charge is 2.38. The first-order chi connectivity index (χ1) is 11.3. The monoisotopic (exact) mass is 336 g/mol. The lowest BCUT2D eigenvalue weighted by Gasteiger charge is -2.39. The van der Waals surface area contributed by atoms with Gasteiger partial charge in [-0.2, -0.15) is 0 Å². The van der Waals surface area contributed by atoms with E-state index >= 15 is 0 Å². The summed E-state index contributed by atoms with van der Waals surface area (Å²) in [6.45, 7) is 6.02. The summed E-state index contributed by atoms with van der Waals surface area (Å²) in [6, 6.07) is 8.37. The van der Waals surface area contributed by atoms with Gasteiger partial charge in [-0.3, -0.25) is 4.90 Å². The minimum Gasteiger partial charge on any atom is -0.480 e. The van der Waals surface area contributed by atoms with Gasteiger partial charge in [-0.1, -0.05) is 30.3 Å². The van der Waals surface area contributed by atoms with Crippen molar-refractivity contribution in [1.29, 1.82) is 0 Å². The van der Waals surface area contributed by atoms with E-state index in [1.54, 1.807) is 20.8 Å². The number of carboxylic acids is 1. The van der Waals surface area contributed by atoms with Gasteiger partial charge in [0.25, 0.3) is 0 Å². The van der Waals surface area contributed by atoms with Gasteiger partial charge in [0.15, 0.2) is 0 Å². The number of unbranched alkanes of at least 4 members (excludes halogenated alkanes) is 1. The fourth-order valence-corrected chi connectivity index (χ4v) is 2.50. The maximum atomic E-state index is 12.6. The van der Waals surface area contributed by atoms with E-state index in [4.69, 9.17) is 10.5 Å². The first-order valence-electron chi connectivity index (χ1n) is 8.20.